The number of esters is 1. The lowest BCUT2D eigenvalue weighted by molar-refractivity contribution is -0.139. The van der Waals surface area contributed by atoms with E-state index in [0.717, 1.165) is 11.1 Å². The molecule has 8 nitrogen and oxygen atoms in total. The third-order valence-electron chi connectivity index (χ3n) is 6.93. The number of para-hydroxylation sites is 1. The second-order valence-electron chi connectivity index (χ2n) is 10.3. The van der Waals surface area contributed by atoms with Crippen LogP contribution in [0.15, 0.2) is 87.8 Å². The van der Waals surface area contributed by atoms with E-state index in [1.54, 1.807) is 43.7 Å². The molecule has 4 aromatic rings. The smallest absolute Gasteiger partial charge is 0.338 e. The lowest BCUT2D eigenvalue weighted by Gasteiger charge is -2.25. The van der Waals surface area contributed by atoms with Gasteiger partial charge in [0.05, 0.1) is 41.7 Å². The number of rotatable bonds is 10. The van der Waals surface area contributed by atoms with Crippen LogP contribution in [-0.2, 0) is 16.1 Å². The Bertz CT molecular complexity index is 1910. The molecule has 0 N–H and O–H groups in total. The normalized spacial score (nSPS) is 14.7. The Kier molecular flexibility index (Phi) is 9.56. The third-order valence-corrected chi connectivity index (χ3v) is 8.28. The standard InChI is InChI=1S/C34H33ClN2O6S/c1-6-41-33(39)30-21(4)36-34-37(31(30)23-15-16-27(43-20(2)3)28(17-23)40-5)32(38)29(44-34)18-22-11-8-10-14-26(22)42-19-24-12-7-9-13-25(24)35/h7-18,20,31H,6,19H2,1-5H3/b29-18+/t31-/m0/s1. The van der Waals surface area contributed by atoms with Crippen molar-refractivity contribution in [1.82, 2.24) is 4.57 Å². The van der Waals surface area contributed by atoms with E-state index in [9.17, 15) is 9.59 Å². The fraction of sp³-hybridized carbons (Fsp3) is 0.265. The molecule has 1 aromatic heterocycles. The first-order valence-electron chi connectivity index (χ1n) is 14.2. The van der Waals surface area contributed by atoms with Crippen molar-refractivity contribution < 1.29 is 23.7 Å². The zero-order valence-corrected chi connectivity index (χ0v) is 26.7. The number of allylic oxidation sites excluding steroid dienone is 1. The molecule has 0 saturated carbocycles. The van der Waals surface area contributed by atoms with E-state index in [2.05, 4.69) is 4.99 Å². The number of carbonyl (C=O) groups is 1. The van der Waals surface area contributed by atoms with Crippen molar-refractivity contribution in [1.29, 1.82) is 0 Å². The molecule has 0 saturated heterocycles. The summed E-state index contributed by atoms with van der Waals surface area (Å²) in [5, 5.41) is 0.617. The average molecular weight is 633 g/mol. The average Bonchev–Trinajstić information content (AvgIpc) is 3.30. The first-order chi connectivity index (χ1) is 21.2. The molecule has 0 amide bonds. The molecule has 1 atom stereocenters. The van der Waals surface area contributed by atoms with Gasteiger partial charge in [-0.2, -0.15) is 0 Å². The van der Waals surface area contributed by atoms with E-state index < -0.39 is 12.0 Å². The van der Waals surface area contributed by atoms with Gasteiger partial charge in [0.1, 0.15) is 12.4 Å². The Hall–Kier alpha value is -4.34. The Morgan fingerprint density at radius 1 is 1.07 bits per heavy atom. The molecule has 3 aromatic carbocycles. The highest BCUT2D eigenvalue weighted by Gasteiger charge is 2.34. The summed E-state index contributed by atoms with van der Waals surface area (Å²) in [5.41, 5.74) is 2.70. The first-order valence-corrected chi connectivity index (χ1v) is 15.4. The topological polar surface area (TPSA) is 88.4 Å². The third kappa shape index (κ3) is 6.44. The first kappa shape index (κ1) is 31.1. The summed E-state index contributed by atoms with van der Waals surface area (Å²) in [5.74, 6) is 1.11. The van der Waals surface area contributed by atoms with Gasteiger partial charge in [-0.3, -0.25) is 9.36 Å². The molecule has 0 bridgehead atoms. The van der Waals surface area contributed by atoms with Crippen molar-refractivity contribution in [3.63, 3.8) is 0 Å². The molecule has 2 heterocycles. The van der Waals surface area contributed by atoms with Crippen LogP contribution in [0.4, 0.5) is 0 Å². The molecule has 0 spiro atoms. The van der Waals surface area contributed by atoms with Gasteiger partial charge in [0.25, 0.3) is 5.56 Å². The second-order valence-corrected chi connectivity index (χ2v) is 11.7. The van der Waals surface area contributed by atoms with Crippen molar-refractivity contribution in [2.45, 2.75) is 46.4 Å². The summed E-state index contributed by atoms with van der Waals surface area (Å²) in [6.45, 7) is 7.80. The molecule has 1 aliphatic rings. The maximum atomic E-state index is 14.1. The molecule has 0 aliphatic carbocycles. The minimum absolute atomic E-state index is 0.0683. The Morgan fingerprint density at radius 3 is 2.55 bits per heavy atom. The minimum atomic E-state index is -0.791. The van der Waals surface area contributed by atoms with E-state index in [0.29, 0.717) is 42.9 Å². The lowest BCUT2D eigenvalue weighted by Crippen LogP contribution is -2.40. The predicted molar refractivity (Wildman–Crippen MR) is 171 cm³/mol. The van der Waals surface area contributed by atoms with Gasteiger partial charge in [-0.1, -0.05) is 65.4 Å². The summed E-state index contributed by atoms with van der Waals surface area (Å²) >= 11 is 7.57. The van der Waals surface area contributed by atoms with E-state index in [1.165, 1.54) is 11.3 Å². The van der Waals surface area contributed by atoms with Crippen LogP contribution in [0.5, 0.6) is 17.2 Å². The highest BCUT2D eigenvalue weighted by Crippen LogP contribution is 2.36. The van der Waals surface area contributed by atoms with Crippen molar-refractivity contribution >= 4 is 35.0 Å². The molecule has 10 heteroatoms. The predicted octanol–water partition coefficient (Wildman–Crippen LogP) is 5.83. The van der Waals surface area contributed by atoms with Crippen molar-refractivity contribution in [3.05, 3.63) is 119 Å². The monoisotopic (exact) mass is 632 g/mol. The van der Waals surface area contributed by atoms with Crippen LogP contribution in [0.3, 0.4) is 0 Å². The number of hydrogen-bond donors (Lipinski definition) is 0. The van der Waals surface area contributed by atoms with Crippen LogP contribution in [0.2, 0.25) is 5.02 Å². The fourth-order valence-electron chi connectivity index (χ4n) is 4.96. The number of benzene rings is 3. The van der Waals surface area contributed by atoms with Gasteiger partial charge < -0.3 is 18.9 Å². The molecule has 0 fully saturated rings. The van der Waals surface area contributed by atoms with Crippen LogP contribution in [0.25, 0.3) is 6.08 Å². The summed E-state index contributed by atoms with van der Waals surface area (Å²) in [6.07, 6.45) is 1.72. The van der Waals surface area contributed by atoms with E-state index in [1.807, 2.05) is 68.4 Å². The largest absolute Gasteiger partial charge is 0.493 e. The number of hydrogen-bond acceptors (Lipinski definition) is 8. The zero-order valence-electron chi connectivity index (χ0n) is 25.1. The number of nitrogens with zero attached hydrogens (tertiary/aromatic N) is 2. The van der Waals surface area contributed by atoms with Crippen LogP contribution in [-0.4, -0.2) is 30.4 Å². The number of fused-ring (bicyclic) bond motifs is 1. The van der Waals surface area contributed by atoms with Crippen LogP contribution in [0.1, 0.15) is 50.4 Å². The van der Waals surface area contributed by atoms with Crippen LogP contribution >= 0.6 is 22.9 Å². The Balaban J connectivity index is 1.62. The lowest BCUT2D eigenvalue weighted by atomic mass is 9.95. The summed E-state index contributed by atoms with van der Waals surface area (Å²) in [7, 11) is 1.55. The maximum Gasteiger partial charge on any atom is 0.338 e. The van der Waals surface area contributed by atoms with Crippen molar-refractivity contribution in [2.75, 3.05) is 13.7 Å². The number of halogens is 1. The number of methoxy groups -OCH3 is 1. The van der Waals surface area contributed by atoms with Crippen molar-refractivity contribution in [2.24, 2.45) is 4.99 Å². The number of ether oxygens (including phenoxy) is 4. The highest BCUT2D eigenvalue weighted by molar-refractivity contribution is 7.07. The number of thiazole rings is 1. The fourth-order valence-corrected chi connectivity index (χ4v) is 6.18. The summed E-state index contributed by atoms with van der Waals surface area (Å²) < 4.78 is 25.1. The molecule has 228 valence electrons. The van der Waals surface area contributed by atoms with Crippen molar-refractivity contribution in [3.8, 4) is 17.2 Å². The number of aromatic nitrogens is 1. The quantitative estimate of drug-likeness (QED) is 0.205. The summed E-state index contributed by atoms with van der Waals surface area (Å²) in [4.78, 5) is 32.6. The highest BCUT2D eigenvalue weighted by atomic mass is 35.5. The molecular weight excluding hydrogens is 600 g/mol. The van der Waals surface area contributed by atoms with Gasteiger partial charge in [-0.25, -0.2) is 9.79 Å². The molecular formula is C34H33ClN2O6S. The summed E-state index contributed by atoms with van der Waals surface area (Å²) in [6, 6.07) is 19.6. The molecule has 0 unspecified atom stereocenters. The maximum absolute atomic E-state index is 14.1. The molecule has 1 aliphatic heterocycles. The van der Waals surface area contributed by atoms with Gasteiger partial charge in [-0.05, 0) is 63.6 Å². The Labute approximate surface area is 264 Å². The molecule has 0 radical (unpaired) electrons. The van der Waals surface area contributed by atoms with E-state index >= 15 is 0 Å². The van der Waals surface area contributed by atoms with E-state index in [-0.39, 0.29) is 30.5 Å². The number of carbonyl (C=O) groups excluding carboxylic acids is 1. The molecule has 5 rings (SSSR count). The molecule has 44 heavy (non-hydrogen) atoms. The van der Waals surface area contributed by atoms with Gasteiger partial charge in [0, 0.05) is 16.1 Å². The minimum Gasteiger partial charge on any atom is -0.493 e. The van der Waals surface area contributed by atoms with E-state index in [4.69, 9.17) is 30.5 Å². The van der Waals surface area contributed by atoms with Crippen LogP contribution < -0.4 is 29.1 Å². The Morgan fingerprint density at radius 2 is 1.82 bits per heavy atom. The van der Waals surface area contributed by atoms with Gasteiger partial charge in [-0.15, -0.1) is 0 Å². The van der Waals surface area contributed by atoms with Crippen LogP contribution in [0, 0.1) is 0 Å². The van der Waals surface area contributed by atoms with Gasteiger partial charge >= 0.3 is 5.97 Å². The zero-order chi connectivity index (χ0) is 31.4. The van der Waals surface area contributed by atoms with Gasteiger partial charge in [0.15, 0.2) is 16.3 Å². The SMILES string of the molecule is CCOC(=O)C1=C(C)N=c2s/c(=C/c3ccccc3OCc3ccccc3Cl)c(=O)n2[C@H]1c1ccc(OC(C)C)c(OC)c1. The second kappa shape index (κ2) is 13.5. The van der Waals surface area contributed by atoms with Gasteiger partial charge in [0.2, 0.25) is 0 Å².